The summed E-state index contributed by atoms with van der Waals surface area (Å²) in [4.78, 5) is 24.0. The maximum atomic E-state index is 11.6. The Balaban J connectivity index is 1.89. The molecule has 86 valence electrons. The van der Waals surface area contributed by atoms with E-state index in [1.807, 2.05) is 0 Å². The molecule has 0 aliphatic carbocycles. The minimum atomic E-state index is -0.332. The van der Waals surface area contributed by atoms with Gasteiger partial charge in [0.05, 0.1) is 5.75 Å². The number of aryl methyl sites for hydroxylation is 1. The van der Waals surface area contributed by atoms with Crippen molar-refractivity contribution in [3.8, 4) is 0 Å². The number of rotatable bonds is 3. The smallest absolute Gasteiger partial charge is 0.324 e. The molecule has 1 aromatic rings. The van der Waals surface area contributed by atoms with E-state index in [4.69, 9.17) is 0 Å². The van der Waals surface area contributed by atoms with Crippen LogP contribution in [-0.4, -0.2) is 55.9 Å². The molecule has 8 nitrogen and oxygen atoms in total. The van der Waals surface area contributed by atoms with Crippen molar-refractivity contribution < 1.29 is 9.59 Å². The average molecular weight is 242 g/mol. The summed E-state index contributed by atoms with van der Waals surface area (Å²) in [7, 11) is 1.69. The van der Waals surface area contributed by atoms with E-state index in [0.29, 0.717) is 18.2 Å². The Kier molecular flexibility index (Phi) is 3.04. The van der Waals surface area contributed by atoms with E-state index in [2.05, 4.69) is 20.8 Å². The van der Waals surface area contributed by atoms with E-state index in [0.717, 1.165) is 0 Å². The van der Waals surface area contributed by atoms with Crippen molar-refractivity contribution in [1.29, 1.82) is 0 Å². The van der Waals surface area contributed by atoms with Crippen molar-refractivity contribution in [3.05, 3.63) is 0 Å². The lowest BCUT2D eigenvalue weighted by molar-refractivity contribution is -0.124. The Labute approximate surface area is 95.4 Å². The largest absolute Gasteiger partial charge is 0.336 e. The van der Waals surface area contributed by atoms with E-state index in [-0.39, 0.29) is 17.7 Å². The Morgan fingerprint density at radius 1 is 1.62 bits per heavy atom. The van der Waals surface area contributed by atoms with Crippen LogP contribution >= 0.6 is 11.8 Å². The quantitative estimate of drug-likeness (QED) is 0.673. The highest BCUT2D eigenvalue weighted by atomic mass is 32.2. The van der Waals surface area contributed by atoms with Crippen LogP contribution in [0.2, 0.25) is 0 Å². The van der Waals surface area contributed by atoms with Crippen molar-refractivity contribution in [3.63, 3.8) is 0 Å². The fourth-order valence-electron chi connectivity index (χ4n) is 1.26. The fraction of sp³-hybridized carbons (Fsp3) is 0.571. The number of urea groups is 1. The molecule has 1 saturated heterocycles. The summed E-state index contributed by atoms with van der Waals surface area (Å²) in [6.07, 6.45) is 0. The van der Waals surface area contributed by atoms with Crippen molar-refractivity contribution >= 4 is 23.7 Å². The standard InChI is InChI=1S/C7H10N6O2S/c1-12-7(9-10-11-12)16-4-5(14)13-3-2-8-6(13)15/h2-4H2,1H3,(H,8,15). The number of amides is 3. The number of nitrogens with one attached hydrogen (secondary N) is 1. The second-order valence-corrected chi connectivity index (χ2v) is 4.09. The summed E-state index contributed by atoms with van der Waals surface area (Å²) < 4.78 is 1.47. The van der Waals surface area contributed by atoms with Crippen molar-refractivity contribution in [2.24, 2.45) is 7.05 Å². The zero-order chi connectivity index (χ0) is 11.5. The molecule has 0 atom stereocenters. The van der Waals surface area contributed by atoms with Gasteiger partial charge in [-0.1, -0.05) is 11.8 Å². The molecular formula is C7H10N6O2S. The molecule has 1 N–H and O–H groups in total. The molecule has 1 aliphatic rings. The van der Waals surface area contributed by atoms with Crippen molar-refractivity contribution in [2.75, 3.05) is 18.8 Å². The van der Waals surface area contributed by atoms with E-state index >= 15 is 0 Å². The third-order valence-corrected chi connectivity index (χ3v) is 3.06. The Morgan fingerprint density at radius 2 is 2.44 bits per heavy atom. The van der Waals surface area contributed by atoms with Crippen LogP contribution in [0.25, 0.3) is 0 Å². The Hall–Kier alpha value is -1.64. The highest BCUT2D eigenvalue weighted by molar-refractivity contribution is 7.99. The zero-order valence-corrected chi connectivity index (χ0v) is 9.40. The van der Waals surface area contributed by atoms with Gasteiger partial charge >= 0.3 is 6.03 Å². The highest BCUT2D eigenvalue weighted by Crippen LogP contribution is 2.13. The number of tetrazole rings is 1. The topological polar surface area (TPSA) is 93.0 Å². The first-order chi connectivity index (χ1) is 7.68. The van der Waals surface area contributed by atoms with Crippen LogP contribution in [0.1, 0.15) is 0 Å². The molecule has 0 unspecified atom stereocenters. The molecule has 16 heavy (non-hydrogen) atoms. The van der Waals surface area contributed by atoms with Gasteiger partial charge in [0.15, 0.2) is 0 Å². The number of aromatic nitrogens is 4. The third-order valence-electron chi connectivity index (χ3n) is 2.06. The minimum absolute atomic E-state index is 0.154. The first kappa shape index (κ1) is 10.9. The van der Waals surface area contributed by atoms with E-state index in [1.165, 1.54) is 21.3 Å². The Morgan fingerprint density at radius 3 is 3.00 bits per heavy atom. The van der Waals surface area contributed by atoms with Gasteiger partial charge in [-0.3, -0.25) is 9.69 Å². The molecule has 1 aromatic heterocycles. The summed E-state index contributed by atoms with van der Waals surface area (Å²) in [6.45, 7) is 0.941. The van der Waals surface area contributed by atoms with Crippen LogP contribution in [-0.2, 0) is 11.8 Å². The predicted octanol–water partition coefficient (Wildman–Crippen LogP) is -1.15. The van der Waals surface area contributed by atoms with Crippen LogP contribution in [0.5, 0.6) is 0 Å². The molecule has 3 amide bonds. The van der Waals surface area contributed by atoms with Crippen LogP contribution < -0.4 is 5.32 Å². The summed E-state index contributed by atoms with van der Waals surface area (Å²) in [6, 6.07) is -0.332. The molecule has 2 heterocycles. The van der Waals surface area contributed by atoms with Crippen molar-refractivity contribution in [2.45, 2.75) is 5.16 Å². The lowest BCUT2D eigenvalue weighted by atomic mass is 10.5. The normalized spacial score (nSPS) is 15.3. The summed E-state index contributed by atoms with van der Waals surface area (Å²) in [5.74, 6) is -0.0789. The van der Waals surface area contributed by atoms with Gasteiger partial charge in [0, 0.05) is 20.1 Å². The first-order valence-corrected chi connectivity index (χ1v) is 5.60. The third kappa shape index (κ3) is 2.13. The lowest BCUT2D eigenvalue weighted by Crippen LogP contribution is -2.35. The molecular weight excluding hydrogens is 232 g/mol. The second kappa shape index (κ2) is 4.47. The van der Waals surface area contributed by atoms with E-state index in [1.54, 1.807) is 7.05 Å². The SMILES string of the molecule is Cn1nnnc1SCC(=O)N1CCNC1=O. The van der Waals surface area contributed by atoms with E-state index in [9.17, 15) is 9.59 Å². The van der Waals surface area contributed by atoms with Gasteiger partial charge in [-0.15, -0.1) is 5.10 Å². The molecule has 1 aliphatic heterocycles. The number of hydrogen-bond donors (Lipinski definition) is 1. The summed E-state index contributed by atoms with van der Waals surface area (Å²) >= 11 is 1.21. The van der Waals surface area contributed by atoms with Crippen LogP contribution in [0.15, 0.2) is 5.16 Å². The van der Waals surface area contributed by atoms with Gasteiger partial charge in [0.1, 0.15) is 0 Å². The monoisotopic (exact) mass is 242 g/mol. The molecule has 9 heteroatoms. The summed E-state index contributed by atoms with van der Waals surface area (Å²) in [5.41, 5.74) is 0. The molecule has 0 bridgehead atoms. The van der Waals surface area contributed by atoms with Gasteiger partial charge in [-0.25, -0.2) is 9.48 Å². The van der Waals surface area contributed by atoms with Gasteiger partial charge < -0.3 is 5.32 Å². The average Bonchev–Trinajstić information content (AvgIpc) is 2.84. The number of imide groups is 1. The van der Waals surface area contributed by atoms with Crippen LogP contribution in [0, 0.1) is 0 Å². The first-order valence-electron chi connectivity index (χ1n) is 4.62. The fourth-order valence-corrected chi connectivity index (χ4v) is 1.98. The van der Waals surface area contributed by atoms with E-state index < -0.39 is 0 Å². The predicted molar refractivity (Wildman–Crippen MR) is 54.6 cm³/mol. The van der Waals surface area contributed by atoms with Gasteiger partial charge in [0.2, 0.25) is 11.1 Å². The maximum absolute atomic E-state index is 11.6. The van der Waals surface area contributed by atoms with Crippen LogP contribution in [0.4, 0.5) is 4.79 Å². The molecule has 2 rings (SSSR count). The number of thioether (sulfide) groups is 1. The van der Waals surface area contributed by atoms with Crippen molar-refractivity contribution in [1.82, 2.24) is 30.4 Å². The number of hydrogen-bond acceptors (Lipinski definition) is 6. The molecule has 0 spiro atoms. The highest BCUT2D eigenvalue weighted by Gasteiger charge is 2.26. The zero-order valence-electron chi connectivity index (χ0n) is 8.58. The number of carbonyl (C=O) groups is 2. The molecule has 0 aromatic carbocycles. The molecule has 0 saturated carbocycles. The minimum Gasteiger partial charge on any atom is -0.336 e. The van der Waals surface area contributed by atoms with Gasteiger partial charge in [-0.2, -0.15) is 0 Å². The number of carbonyl (C=O) groups excluding carboxylic acids is 2. The van der Waals surface area contributed by atoms with Gasteiger partial charge in [0.25, 0.3) is 0 Å². The van der Waals surface area contributed by atoms with Crippen LogP contribution in [0.3, 0.4) is 0 Å². The maximum Gasteiger partial charge on any atom is 0.324 e. The molecule has 1 fully saturated rings. The summed E-state index contributed by atoms with van der Waals surface area (Å²) in [5, 5.41) is 13.9. The van der Waals surface area contributed by atoms with Gasteiger partial charge in [-0.05, 0) is 10.4 Å². The Bertz CT molecular complexity index is 419. The second-order valence-electron chi connectivity index (χ2n) is 3.15. The number of nitrogens with zero attached hydrogens (tertiary/aromatic N) is 5. The lowest BCUT2D eigenvalue weighted by Gasteiger charge is -2.10. The molecule has 0 radical (unpaired) electrons.